The highest BCUT2D eigenvalue weighted by molar-refractivity contribution is 6.50. The number of hydrogen-bond donors (Lipinski definition) is 0. The number of hydrogen-bond acceptors (Lipinski definition) is 1. The highest BCUT2D eigenvalue weighted by Crippen LogP contribution is 1.96. The maximum Gasteiger partial charge on any atom is 0.182 e. The van der Waals surface area contributed by atoms with E-state index in [9.17, 15) is 0 Å². The molecule has 0 N–H and O–H groups in total. The zero-order chi connectivity index (χ0) is 8.97. The van der Waals surface area contributed by atoms with Crippen molar-refractivity contribution < 1.29 is 0 Å². The van der Waals surface area contributed by atoms with E-state index in [-0.39, 0.29) is 0 Å². The highest BCUT2D eigenvalue weighted by atomic mass is 28.2. The van der Waals surface area contributed by atoms with Crippen LogP contribution in [-0.4, -0.2) is 28.3 Å². The molecule has 0 heterocycles. The molecule has 0 aliphatic heterocycles. The molecule has 0 aromatic heterocycles. The summed E-state index contributed by atoms with van der Waals surface area (Å²) >= 11 is 0. The molecule has 62 valence electrons. The monoisotopic (exact) mass is 175 g/mol. The van der Waals surface area contributed by atoms with Gasteiger partial charge in [-0.1, -0.05) is 36.9 Å². The van der Waals surface area contributed by atoms with Gasteiger partial charge in [0.2, 0.25) is 0 Å². The van der Waals surface area contributed by atoms with Crippen LogP contribution in [0.15, 0.2) is 30.8 Å². The molecular weight excluding hydrogens is 162 g/mol. The fourth-order valence-corrected chi connectivity index (χ4v) is 1.91. The zero-order valence-electron chi connectivity index (χ0n) is 7.54. The largest absolute Gasteiger partial charge is 0.327 e. The van der Waals surface area contributed by atoms with Gasteiger partial charge in [0.15, 0.2) is 9.68 Å². The van der Waals surface area contributed by atoms with Crippen molar-refractivity contribution in [2.45, 2.75) is 0 Å². The molecule has 0 aliphatic rings. The van der Waals surface area contributed by atoms with Crippen LogP contribution < -0.4 is 5.19 Å². The molecule has 0 spiro atoms. The first kappa shape index (κ1) is 9.23. The predicted molar refractivity (Wildman–Crippen MR) is 55.6 cm³/mol. The van der Waals surface area contributed by atoms with Crippen molar-refractivity contribution in [3.05, 3.63) is 36.4 Å². The van der Waals surface area contributed by atoms with Crippen molar-refractivity contribution in [2.75, 3.05) is 14.1 Å². The molecule has 2 heteroatoms. The fraction of sp³-hybridized carbons (Fsp3) is 0.200. The van der Waals surface area contributed by atoms with Gasteiger partial charge in [-0.05, 0) is 24.8 Å². The molecule has 0 aliphatic carbocycles. The molecule has 2 radical (unpaired) electrons. The average Bonchev–Trinajstić information content (AvgIpc) is 2.03. The summed E-state index contributed by atoms with van der Waals surface area (Å²) in [4.78, 5) is 0. The molecule has 0 saturated carbocycles. The predicted octanol–water partition coefficient (Wildman–Crippen LogP) is 1.14. The lowest BCUT2D eigenvalue weighted by Crippen LogP contribution is -2.29. The fourth-order valence-electron chi connectivity index (χ4n) is 0.993. The minimum Gasteiger partial charge on any atom is -0.327 e. The van der Waals surface area contributed by atoms with E-state index in [1.165, 1.54) is 10.8 Å². The van der Waals surface area contributed by atoms with Crippen LogP contribution >= 0.6 is 0 Å². The average molecular weight is 175 g/mol. The molecule has 1 aromatic carbocycles. The van der Waals surface area contributed by atoms with Gasteiger partial charge in [-0.25, -0.2) is 0 Å². The summed E-state index contributed by atoms with van der Waals surface area (Å²) in [6.07, 6.45) is 1.88. The molecule has 0 bridgehead atoms. The van der Waals surface area contributed by atoms with E-state index >= 15 is 0 Å². The molecule has 0 unspecified atom stereocenters. The van der Waals surface area contributed by atoms with Gasteiger partial charge in [0, 0.05) is 0 Å². The Balaban J connectivity index is 2.79. The topological polar surface area (TPSA) is 3.24 Å². The molecule has 1 aromatic rings. The van der Waals surface area contributed by atoms with E-state index < -0.39 is 0 Å². The van der Waals surface area contributed by atoms with Crippen LogP contribution in [0.3, 0.4) is 0 Å². The van der Waals surface area contributed by atoms with Gasteiger partial charge in [0.25, 0.3) is 0 Å². The van der Waals surface area contributed by atoms with Gasteiger partial charge in [-0.15, -0.1) is 0 Å². The van der Waals surface area contributed by atoms with Crippen molar-refractivity contribution in [3.8, 4) is 0 Å². The molecule has 0 amide bonds. The van der Waals surface area contributed by atoms with Gasteiger partial charge in [-0.3, -0.25) is 0 Å². The summed E-state index contributed by atoms with van der Waals surface area (Å²) < 4.78 is 2.18. The van der Waals surface area contributed by atoms with Crippen LogP contribution in [0.4, 0.5) is 0 Å². The van der Waals surface area contributed by atoms with Crippen molar-refractivity contribution >= 4 is 20.9 Å². The molecule has 1 rings (SSSR count). The normalized spacial score (nSPS) is 10.2. The Morgan fingerprint density at radius 1 is 1.42 bits per heavy atom. The van der Waals surface area contributed by atoms with Gasteiger partial charge in [0.05, 0.1) is 0 Å². The molecule has 1 nitrogen and oxygen atoms in total. The minimum atomic E-state index is 0.746. The third-order valence-electron chi connectivity index (χ3n) is 1.48. The Hall–Kier alpha value is -0.863. The lowest BCUT2D eigenvalue weighted by Gasteiger charge is -2.07. The molecule has 0 atom stereocenters. The summed E-state index contributed by atoms with van der Waals surface area (Å²) in [5, 5.41) is 1.36. The van der Waals surface area contributed by atoms with Crippen LogP contribution in [-0.2, 0) is 0 Å². The van der Waals surface area contributed by atoms with Gasteiger partial charge in [0.1, 0.15) is 0 Å². The third-order valence-corrected chi connectivity index (χ3v) is 2.49. The number of rotatable bonds is 3. The van der Waals surface area contributed by atoms with Crippen LogP contribution in [0, 0.1) is 0 Å². The summed E-state index contributed by atoms with van der Waals surface area (Å²) in [6, 6.07) is 8.45. The number of nitrogens with zero attached hydrogens (tertiary/aromatic N) is 1. The lowest BCUT2D eigenvalue weighted by molar-refractivity contribution is 0.669. The second-order valence-electron chi connectivity index (χ2n) is 2.84. The summed E-state index contributed by atoms with van der Waals surface area (Å²) in [7, 11) is 4.91. The standard InChI is InChI=1S/C10H13NSi/c1-4-9-6-5-7-10(8-9)12-11(2)3/h4-8H,1H2,2-3H3. The smallest absolute Gasteiger partial charge is 0.182 e. The Labute approximate surface area is 76.6 Å². The van der Waals surface area contributed by atoms with Gasteiger partial charge < -0.3 is 4.57 Å². The second kappa shape index (κ2) is 4.23. The Bertz CT molecular complexity index is 268. The first-order valence-electron chi connectivity index (χ1n) is 3.89. The highest BCUT2D eigenvalue weighted by Gasteiger charge is 1.96. The van der Waals surface area contributed by atoms with Crippen LogP contribution in [0.2, 0.25) is 0 Å². The summed E-state index contributed by atoms with van der Waals surface area (Å²) in [6.45, 7) is 3.74. The Morgan fingerprint density at radius 3 is 2.75 bits per heavy atom. The van der Waals surface area contributed by atoms with Crippen LogP contribution in [0.1, 0.15) is 5.56 Å². The first-order chi connectivity index (χ1) is 5.72. The number of benzene rings is 1. The molecular formula is C10H13NSi. The van der Waals surface area contributed by atoms with Crippen molar-refractivity contribution in [1.82, 2.24) is 4.57 Å². The van der Waals surface area contributed by atoms with Crippen molar-refractivity contribution in [1.29, 1.82) is 0 Å². The van der Waals surface area contributed by atoms with E-state index in [2.05, 4.69) is 49.5 Å². The zero-order valence-corrected chi connectivity index (χ0v) is 8.54. The van der Waals surface area contributed by atoms with Crippen molar-refractivity contribution in [3.63, 3.8) is 0 Å². The van der Waals surface area contributed by atoms with Gasteiger partial charge in [-0.2, -0.15) is 0 Å². The first-order valence-corrected chi connectivity index (χ1v) is 4.83. The third kappa shape index (κ3) is 2.64. The Kier molecular flexibility index (Phi) is 3.26. The maximum absolute atomic E-state index is 3.74. The van der Waals surface area contributed by atoms with Crippen LogP contribution in [0.5, 0.6) is 0 Å². The SMILES string of the molecule is C=Cc1cccc([Si]N(C)C)c1. The van der Waals surface area contributed by atoms with E-state index in [0.29, 0.717) is 0 Å². The second-order valence-corrected chi connectivity index (χ2v) is 4.53. The Morgan fingerprint density at radius 2 is 2.17 bits per heavy atom. The summed E-state index contributed by atoms with van der Waals surface area (Å²) in [5.74, 6) is 0. The molecule has 0 saturated heterocycles. The van der Waals surface area contributed by atoms with Crippen LogP contribution in [0.25, 0.3) is 6.08 Å². The van der Waals surface area contributed by atoms with Gasteiger partial charge >= 0.3 is 0 Å². The van der Waals surface area contributed by atoms with E-state index in [0.717, 1.165) is 9.68 Å². The minimum absolute atomic E-state index is 0.746. The lowest BCUT2D eigenvalue weighted by atomic mass is 10.2. The quantitative estimate of drug-likeness (QED) is 0.623. The van der Waals surface area contributed by atoms with Crippen molar-refractivity contribution in [2.24, 2.45) is 0 Å². The summed E-state index contributed by atoms with van der Waals surface area (Å²) in [5.41, 5.74) is 1.20. The maximum atomic E-state index is 3.74. The van der Waals surface area contributed by atoms with E-state index in [1.807, 2.05) is 6.08 Å². The molecule has 12 heavy (non-hydrogen) atoms. The van der Waals surface area contributed by atoms with E-state index in [4.69, 9.17) is 0 Å². The van der Waals surface area contributed by atoms with E-state index in [1.54, 1.807) is 0 Å². The molecule has 0 fully saturated rings.